The molecule has 3 aliphatic rings. The van der Waals surface area contributed by atoms with E-state index in [1.54, 1.807) is 0 Å². The lowest BCUT2D eigenvalue weighted by Crippen LogP contribution is -2.41. The van der Waals surface area contributed by atoms with Crippen LogP contribution in [-0.2, 0) is 0 Å². The van der Waals surface area contributed by atoms with Gasteiger partial charge in [0.2, 0.25) is 0 Å². The van der Waals surface area contributed by atoms with Crippen LogP contribution >= 0.6 is 0 Å². The first-order valence-corrected chi connectivity index (χ1v) is 7.60. The fourth-order valence-electron chi connectivity index (χ4n) is 4.03. The van der Waals surface area contributed by atoms with Crippen LogP contribution in [0.3, 0.4) is 0 Å². The van der Waals surface area contributed by atoms with Gasteiger partial charge >= 0.3 is 0 Å². The molecule has 0 aromatic heterocycles. The minimum Gasteiger partial charge on any atom is -0.485 e. The monoisotopic (exact) mass is 258 g/mol. The highest BCUT2D eigenvalue weighted by molar-refractivity contribution is 5.57. The van der Waals surface area contributed by atoms with E-state index in [2.05, 4.69) is 28.4 Å². The summed E-state index contributed by atoms with van der Waals surface area (Å²) in [6.07, 6.45) is 4.66. The van der Waals surface area contributed by atoms with Crippen molar-refractivity contribution in [3.8, 4) is 5.75 Å². The largest absolute Gasteiger partial charge is 0.485 e. The Morgan fingerprint density at radius 1 is 1.16 bits per heavy atom. The van der Waals surface area contributed by atoms with E-state index >= 15 is 0 Å². The maximum atomic E-state index is 6.11. The third kappa shape index (κ3) is 2.20. The number of para-hydroxylation sites is 2. The fourth-order valence-corrected chi connectivity index (χ4v) is 4.03. The van der Waals surface area contributed by atoms with E-state index in [0.717, 1.165) is 36.4 Å². The molecule has 3 heteroatoms. The van der Waals surface area contributed by atoms with Crippen LogP contribution in [0.2, 0.25) is 0 Å². The Morgan fingerprint density at radius 2 is 1.95 bits per heavy atom. The number of ether oxygens (including phenoxy) is 1. The van der Waals surface area contributed by atoms with Crippen LogP contribution < -0.4 is 10.1 Å². The minimum atomic E-state index is 0.300. The van der Waals surface area contributed by atoms with Crippen LogP contribution in [0.5, 0.6) is 5.75 Å². The molecular weight excluding hydrogens is 236 g/mol. The lowest BCUT2D eigenvalue weighted by molar-refractivity contribution is 0.146. The zero-order chi connectivity index (χ0) is 12.7. The van der Waals surface area contributed by atoms with E-state index in [1.807, 2.05) is 6.07 Å². The molecule has 2 fully saturated rings. The van der Waals surface area contributed by atoms with E-state index in [1.165, 1.54) is 32.4 Å². The summed E-state index contributed by atoms with van der Waals surface area (Å²) in [7, 11) is 0. The molecule has 1 saturated carbocycles. The zero-order valence-electron chi connectivity index (χ0n) is 11.3. The first-order valence-electron chi connectivity index (χ1n) is 7.60. The molecule has 1 aromatic rings. The Balaban J connectivity index is 1.38. The molecule has 3 nitrogen and oxygen atoms in total. The van der Waals surface area contributed by atoms with E-state index in [0.29, 0.717) is 6.10 Å². The number of fused-ring (bicyclic) bond motifs is 2. The Kier molecular flexibility index (Phi) is 2.87. The average Bonchev–Trinajstić information content (AvgIpc) is 2.99. The van der Waals surface area contributed by atoms with Crippen LogP contribution in [0.1, 0.15) is 19.3 Å². The molecule has 1 N–H and O–H groups in total. The number of nitrogens with zero attached hydrogens (tertiary/aromatic N) is 1. The van der Waals surface area contributed by atoms with Gasteiger partial charge in [-0.2, -0.15) is 0 Å². The summed E-state index contributed by atoms with van der Waals surface area (Å²) < 4.78 is 6.11. The van der Waals surface area contributed by atoms with Crippen molar-refractivity contribution in [2.24, 2.45) is 11.8 Å². The number of hydrogen-bond acceptors (Lipinski definition) is 3. The van der Waals surface area contributed by atoms with Crippen molar-refractivity contribution < 1.29 is 4.74 Å². The van der Waals surface area contributed by atoms with Crippen molar-refractivity contribution in [3.63, 3.8) is 0 Å². The molecule has 4 rings (SSSR count). The quantitative estimate of drug-likeness (QED) is 0.882. The van der Waals surface area contributed by atoms with Gasteiger partial charge in [-0.25, -0.2) is 0 Å². The second-order valence-corrected chi connectivity index (χ2v) is 6.29. The third-order valence-electron chi connectivity index (χ3n) is 4.96. The van der Waals surface area contributed by atoms with E-state index in [9.17, 15) is 0 Å². The minimum absolute atomic E-state index is 0.300. The number of benzene rings is 1. The molecule has 2 heterocycles. The second-order valence-electron chi connectivity index (χ2n) is 6.29. The first-order chi connectivity index (χ1) is 9.38. The SMILES string of the molecule is c1ccc2c(c1)NCC(CN1CC3CCCC3C1)O2. The lowest BCUT2D eigenvalue weighted by atomic mass is 10.0. The number of hydrogen-bond donors (Lipinski definition) is 1. The van der Waals surface area contributed by atoms with Gasteiger partial charge in [0, 0.05) is 19.6 Å². The summed E-state index contributed by atoms with van der Waals surface area (Å²) in [4.78, 5) is 2.62. The van der Waals surface area contributed by atoms with Gasteiger partial charge in [-0.05, 0) is 36.8 Å². The molecule has 0 spiro atoms. The first kappa shape index (κ1) is 11.6. The summed E-state index contributed by atoms with van der Waals surface area (Å²) in [6, 6.07) is 8.25. The Labute approximate surface area is 114 Å². The maximum absolute atomic E-state index is 6.11. The Morgan fingerprint density at radius 3 is 2.79 bits per heavy atom. The summed E-state index contributed by atoms with van der Waals surface area (Å²) in [6.45, 7) is 4.61. The van der Waals surface area contributed by atoms with Crippen molar-refractivity contribution in [1.82, 2.24) is 4.90 Å². The molecule has 0 bridgehead atoms. The molecule has 3 unspecified atom stereocenters. The van der Waals surface area contributed by atoms with Gasteiger partial charge in [-0.1, -0.05) is 18.6 Å². The van der Waals surface area contributed by atoms with Crippen molar-refractivity contribution in [2.45, 2.75) is 25.4 Å². The highest BCUT2D eigenvalue weighted by Gasteiger charge is 2.37. The lowest BCUT2D eigenvalue weighted by Gasteiger charge is -2.30. The smallest absolute Gasteiger partial charge is 0.142 e. The maximum Gasteiger partial charge on any atom is 0.142 e. The van der Waals surface area contributed by atoms with Crippen LogP contribution in [0.4, 0.5) is 5.69 Å². The normalized spacial score (nSPS) is 33.4. The second kappa shape index (κ2) is 4.71. The molecule has 1 saturated heterocycles. The molecule has 3 atom stereocenters. The van der Waals surface area contributed by atoms with Gasteiger partial charge in [-0.15, -0.1) is 0 Å². The van der Waals surface area contributed by atoms with Crippen molar-refractivity contribution in [3.05, 3.63) is 24.3 Å². The molecule has 1 aromatic carbocycles. The molecule has 102 valence electrons. The molecule has 19 heavy (non-hydrogen) atoms. The highest BCUT2D eigenvalue weighted by atomic mass is 16.5. The van der Waals surface area contributed by atoms with Crippen LogP contribution in [0.15, 0.2) is 24.3 Å². The van der Waals surface area contributed by atoms with Gasteiger partial charge < -0.3 is 10.1 Å². The van der Waals surface area contributed by atoms with Crippen LogP contribution in [0.25, 0.3) is 0 Å². The summed E-state index contributed by atoms with van der Waals surface area (Å²) in [5, 5.41) is 3.49. The zero-order valence-corrected chi connectivity index (χ0v) is 11.3. The van der Waals surface area contributed by atoms with Gasteiger partial charge in [0.1, 0.15) is 11.9 Å². The number of likely N-dealkylation sites (tertiary alicyclic amines) is 1. The standard InChI is InChI=1S/C16H22N2O/c1-2-7-16-15(6-1)17-8-14(19-16)11-18-9-12-4-3-5-13(12)10-18/h1-2,6-7,12-14,17H,3-5,8-11H2. The molecular formula is C16H22N2O. The van der Waals surface area contributed by atoms with Crippen molar-refractivity contribution in [2.75, 3.05) is 31.5 Å². The third-order valence-corrected chi connectivity index (χ3v) is 4.96. The van der Waals surface area contributed by atoms with Crippen LogP contribution in [-0.4, -0.2) is 37.2 Å². The Hall–Kier alpha value is -1.22. The fraction of sp³-hybridized carbons (Fsp3) is 0.625. The molecule has 0 amide bonds. The van der Waals surface area contributed by atoms with Gasteiger partial charge in [-0.3, -0.25) is 4.90 Å². The van der Waals surface area contributed by atoms with E-state index in [4.69, 9.17) is 4.74 Å². The molecule has 2 aliphatic heterocycles. The van der Waals surface area contributed by atoms with E-state index < -0.39 is 0 Å². The van der Waals surface area contributed by atoms with Crippen molar-refractivity contribution >= 4 is 5.69 Å². The van der Waals surface area contributed by atoms with Gasteiger partial charge in [0.25, 0.3) is 0 Å². The predicted molar refractivity (Wildman–Crippen MR) is 76.6 cm³/mol. The Bertz CT molecular complexity index is 450. The highest BCUT2D eigenvalue weighted by Crippen LogP contribution is 2.38. The van der Waals surface area contributed by atoms with Gasteiger partial charge in [0.05, 0.1) is 12.2 Å². The topological polar surface area (TPSA) is 24.5 Å². The molecule has 0 radical (unpaired) electrons. The van der Waals surface area contributed by atoms with Crippen LogP contribution in [0, 0.1) is 11.8 Å². The van der Waals surface area contributed by atoms with E-state index in [-0.39, 0.29) is 0 Å². The summed E-state index contributed by atoms with van der Waals surface area (Å²) >= 11 is 0. The number of anilines is 1. The average molecular weight is 258 g/mol. The number of rotatable bonds is 2. The predicted octanol–water partition coefficient (Wildman–Crippen LogP) is 2.59. The van der Waals surface area contributed by atoms with Crippen molar-refractivity contribution in [1.29, 1.82) is 0 Å². The van der Waals surface area contributed by atoms with Gasteiger partial charge in [0.15, 0.2) is 0 Å². The summed E-state index contributed by atoms with van der Waals surface area (Å²) in [5.41, 5.74) is 1.14. The summed E-state index contributed by atoms with van der Waals surface area (Å²) in [5.74, 6) is 2.96. The number of nitrogens with one attached hydrogen (secondary N) is 1. The molecule has 1 aliphatic carbocycles.